The first-order valence-electron chi connectivity index (χ1n) is 6.87. The molecule has 0 bridgehead atoms. The molecule has 0 saturated heterocycles. The van der Waals surface area contributed by atoms with E-state index in [-0.39, 0.29) is 5.82 Å². The number of hydrogen-bond donors (Lipinski definition) is 2. The normalized spacial score (nSPS) is 17.0. The van der Waals surface area contributed by atoms with Gasteiger partial charge in [-0.25, -0.2) is 4.39 Å². The Balaban J connectivity index is 1.90. The first-order chi connectivity index (χ1) is 9.19. The lowest BCUT2D eigenvalue weighted by atomic mass is 9.68. The molecule has 1 aliphatic rings. The largest absolute Gasteiger partial charge is 0.496 e. The van der Waals surface area contributed by atoms with Crippen molar-refractivity contribution >= 4 is 0 Å². The van der Waals surface area contributed by atoms with Gasteiger partial charge in [-0.1, -0.05) is 6.42 Å². The van der Waals surface area contributed by atoms with Gasteiger partial charge in [-0.05, 0) is 43.5 Å². The van der Waals surface area contributed by atoms with Crippen LogP contribution in [-0.2, 0) is 6.54 Å². The van der Waals surface area contributed by atoms with Crippen LogP contribution in [0, 0.1) is 11.2 Å². The third-order valence-corrected chi connectivity index (χ3v) is 4.02. The Hall–Kier alpha value is -1.13. The van der Waals surface area contributed by atoms with E-state index >= 15 is 0 Å². The molecule has 1 aliphatic carbocycles. The van der Waals surface area contributed by atoms with E-state index in [9.17, 15) is 4.39 Å². The molecule has 3 nitrogen and oxygen atoms in total. The third kappa shape index (κ3) is 3.45. The van der Waals surface area contributed by atoms with Crippen LogP contribution < -0.4 is 15.4 Å². The van der Waals surface area contributed by atoms with Gasteiger partial charge >= 0.3 is 0 Å². The fourth-order valence-corrected chi connectivity index (χ4v) is 2.82. The smallest absolute Gasteiger partial charge is 0.123 e. The topological polar surface area (TPSA) is 33.3 Å². The molecule has 0 amide bonds. The van der Waals surface area contributed by atoms with E-state index in [4.69, 9.17) is 4.74 Å². The van der Waals surface area contributed by atoms with E-state index in [2.05, 4.69) is 10.6 Å². The number of rotatable bonds is 7. The summed E-state index contributed by atoms with van der Waals surface area (Å²) >= 11 is 0. The maximum Gasteiger partial charge on any atom is 0.123 e. The standard InChI is InChI=1S/C15H23FN2O/c1-17-10-15(6-3-7-15)11-18-9-12-8-13(16)4-5-14(12)19-2/h4-5,8,17-18H,3,6-7,9-11H2,1-2H3. The van der Waals surface area contributed by atoms with Crippen molar-refractivity contribution in [3.05, 3.63) is 29.6 Å². The summed E-state index contributed by atoms with van der Waals surface area (Å²) in [5.41, 5.74) is 1.26. The molecule has 1 aromatic rings. The van der Waals surface area contributed by atoms with Crippen LogP contribution in [0.5, 0.6) is 5.75 Å². The van der Waals surface area contributed by atoms with Gasteiger partial charge in [0, 0.05) is 25.2 Å². The van der Waals surface area contributed by atoms with Crippen LogP contribution in [0.15, 0.2) is 18.2 Å². The number of halogens is 1. The van der Waals surface area contributed by atoms with Crippen molar-refractivity contribution in [3.8, 4) is 5.75 Å². The van der Waals surface area contributed by atoms with Gasteiger partial charge in [0.25, 0.3) is 0 Å². The van der Waals surface area contributed by atoms with E-state index < -0.39 is 0 Å². The number of hydrogen-bond acceptors (Lipinski definition) is 3. The van der Waals surface area contributed by atoms with Crippen molar-refractivity contribution in [3.63, 3.8) is 0 Å². The van der Waals surface area contributed by atoms with E-state index in [1.807, 2.05) is 7.05 Å². The average Bonchev–Trinajstić information content (AvgIpc) is 2.36. The lowest BCUT2D eigenvalue weighted by Gasteiger charge is -2.42. The fraction of sp³-hybridized carbons (Fsp3) is 0.600. The molecule has 0 atom stereocenters. The molecule has 4 heteroatoms. The van der Waals surface area contributed by atoms with Crippen molar-refractivity contribution in [2.24, 2.45) is 5.41 Å². The molecular formula is C15H23FN2O. The Morgan fingerprint density at radius 1 is 1.32 bits per heavy atom. The highest BCUT2D eigenvalue weighted by Crippen LogP contribution is 2.39. The lowest BCUT2D eigenvalue weighted by Crippen LogP contribution is -2.46. The second-order valence-electron chi connectivity index (χ2n) is 5.44. The molecular weight excluding hydrogens is 243 g/mol. The highest BCUT2D eigenvalue weighted by atomic mass is 19.1. The Bertz CT molecular complexity index is 419. The molecule has 106 valence electrons. The average molecular weight is 266 g/mol. The van der Waals surface area contributed by atoms with E-state index in [0.29, 0.717) is 12.0 Å². The summed E-state index contributed by atoms with van der Waals surface area (Å²) in [7, 11) is 3.61. The molecule has 0 heterocycles. The van der Waals surface area contributed by atoms with E-state index in [0.717, 1.165) is 24.4 Å². The minimum atomic E-state index is -0.216. The van der Waals surface area contributed by atoms with Crippen LogP contribution >= 0.6 is 0 Å². The zero-order valence-corrected chi connectivity index (χ0v) is 11.8. The molecule has 0 aliphatic heterocycles. The summed E-state index contributed by atoms with van der Waals surface area (Å²) in [6, 6.07) is 4.65. The van der Waals surface area contributed by atoms with Crippen LogP contribution in [0.4, 0.5) is 4.39 Å². The van der Waals surface area contributed by atoms with Crippen LogP contribution in [0.1, 0.15) is 24.8 Å². The summed E-state index contributed by atoms with van der Waals surface area (Å²) in [5.74, 6) is 0.524. The molecule has 0 aromatic heterocycles. The van der Waals surface area contributed by atoms with Crippen LogP contribution in [-0.4, -0.2) is 27.2 Å². The van der Waals surface area contributed by atoms with Crippen molar-refractivity contribution in [1.82, 2.24) is 10.6 Å². The Morgan fingerprint density at radius 2 is 2.11 bits per heavy atom. The maximum absolute atomic E-state index is 13.2. The van der Waals surface area contributed by atoms with Crippen molar-refractivity contribution in [2.45, 2.75) is 25.8 Å². The van der Waals surface area contributed by atoms with Gasteiger partial charge in [-0.2, -0.15) is 0 Å². The summed E-state index contributed by atoms with van der Waals surface area (Å²) in [4.78, 5) is 0. The molecule has 19 heavy (non-hydrogen) atoms. The molecule has 0 unspecified atom stereocenters. The monoisotopic (exact) mass is 266 g/mol. The Labute approximate surface area is 114 Å². The molecule has 1 aromatic carbocycles. The number of methoxy groups -OCH3 is 1. The summed E-state index contributed by atoms with van der Waals surface area (Å²) in [6.45, 7) is 2.65. The van der Waals surface area contributed by atoms with Crippen molar-refractivity contribution < 1.29 is 9.13 Å². The summed E-state index contributed by atoms with van der Waals surface area (Å²) in [5, 5.41) is 6.71. The molecule has 1 fully saturated rings. The van der Waals surface area contributed by atoms with Crippen LogP contribution in [0.25, 0.3) is 0 Å². The minimum Gasteiger partial charge on any atom is -0.496 e. The van der Waals surface area contributed by atoms with Crippen LogP contribution in [0.2, 0.25) is 0 Å². The molecule has 0 spiro atoms. The van der Waals surface area contributed by atoms with Gasteiger partial charge in [-0.15, -0.1) is 0 Å². The zero-order chi connectivity index (χ0) is 13.7. The predicted octanol–water partition coefficient (Wildman–Crippen LogP) is 2.31. The molecule has 0 radical (unpaired) electrons. The van der Waals surface area contributed by atoms with E-state index in [1.54, 1.807) is 13.2 Å². The SMILES string of the molecule is CNCC1(CNCc2cc(F)ccc2OC)CCC1. The maximum atomic E-state index is 13.2. The van der Waals surface area contributed by atoms with Crippen LogP contribution in [0.3, 0.4) is 0 Å². The number of ether oxygens (including phenoxy) is 1. The fourth-order valence-electron chi connectivity index (χ4n) is 2.82. The van der Waals surface area contributed by atoms with Gasteiger partial charge in [0.1, 0.15) is 11.6 Å². The predicted molar refractivity (Wildman–Crippen MR) is 74.9 cm³/mol. The Kier molecular flexibility index (Phi) is 4.77. The highest BCUT2D eigenvalue weighted by molar-refractivity contribution is 5.33. The number of nitrogens with one attached hydrogen (secondary N) is 2. The quantitative estimate of drug-likeness (QED) is 0.794. The van der Waals surface area contributed by atoms with Crippen molar-refractivity contribution in [1.29, 1.82) is 0 Å². The van der Waals surface area contributed by atoms with Gasteiger partial charge in [0.2, 0.25) is 0 Å². The number of benzene rings is 1. The van der Waals surface area contributed by atoms with Gasteiger partial charge in [0.05, 0.1) is 7.11 Å². The first kappa shape index (κ1) is 14.3. The van der Waals surface area contributed by atoms with Gasteiger partial charge in [0.15, 0.2) is 0 Å². The first-order valence-corrected chi connectivity index (χ1v) is 6.87. The summed E-state index contributed by atoms with van der Waals surface area (Å²) in [6.07, 6.45) is 3.84. The van der Waals surface area contributed by atoms with Crippen molar-refractivity contribution in [2.75, 3.05) is 27.2 Å². The third-order valence-electron chi connectivity index (χ3n) is 4.02. The summed E-state index contributed by atoms with van der Waals surface area (Å²) < 4.78 is 18.5. The zero-order valence-electron chi connectivity index (χ0n) is 11.8. The van der Waals surface area contributed by atoms with Gasteiger partial charge in [-0.3, -0.25) is 0 Å². The van der Waals surface area contributed by atoms with E-state index in [1.165, 1.54) is 31.4 Å². The van der Waals surface area contributed by atoms with Gasteiger partial charge < -0.3 is 15.4 Å². The lowest BCUT2D eigenvalue weighted by molar-refractivity contribution is 0.130. The molecule has 2 N–H and O–H groups in total. The molecule has 1 saturated carbocycles. The highest BCUT2D eigenvalue weighted by Gasteiger charge is 2.35. The second kappa shape index (κ2) is 6.35. The molecule has 2 rings (SSSR count). The second-order valence-corrected chi connectivity index (χ2v) is 5.44. The Morgan fingerprint density at radius 3 is 2.68 bits per heavy atom. The minimum absolute atomic E-state index is 0.216.